The van der Waals surface area contributed by atoms with Crippen molar-refractivity contribution in [2.75, 3.05) is 26.7 Å². The smallest absolute Gasteiger partial charge is 0.251 e. The highest BCUT2D eigenvalue weighted by Crippen LogP contribution is 2.19. The quantitative estimate of drug-likeness (QED) is 0.695. The van der Waals surface area contributed by atoms with Crippen molar-refractivity contribution in [3.63, 3.8) is 0 Å². The van der Waals surface area contributed by atoms with Crippen LogP contribution in [-0.4, -0.2) is 37.6 Å². The number of piperidine rings is 1. The number of rotatable bonds is 8. The molecule has 1 heterocycles. The molecular weight excluding hydrogens is 348 g/mol. The summed E-state index contributed by atoms with van der Waals surface area (Å²) in [5.41, 5.74) is 3.19. The minimum atomic E-state index is -0.00151. The van der Waals surface area contributed by atoms with Crippen molar-refractivity contribution in [2.24, 2.45) is 5.92 Å². The van der Waals surface area contributed by atoms with Gasteiger partial charge in [0.15, 0.2) is 0 Å². The Hall–Kier alpha value is -2.33. The number of likely N-dealkylation sites (tertiary alicyclic amines) is 1. The van der Waals surface area contributed by atoms with Crippen molar-refractivity contribution in [3.05, 3.63) is 65.2 Å². The second-order valence-electron chi connectivity index (χ2n) is 7.83. The Morgan fingerprint density at radius 2 is 1.82 bits per heavy atom. The van der Waals surface area contributed by atoms with Crippen molar-refractivity contribution in [2.45, 2.75) is 39.2 Å². The van der Waals surface area contributed by atoms with Gasteiger partial charge in [0.25, 0.3) is 5.91 Å². The van der Waals surface area contributed by atoms with Crippen LogP contribution in [0.3, 0.4) is 0 Å². The molecule has 0 unspecified atom stereocenters. The minimum Gasteiger partial charge on any atom is -0.496 e. The summed E-state index contributed by atoms with van der Waals surface area (Å²) in [4.78, 5) is 14.9. The number of para-hydroxylation sites is 1. The molecule has 1 aliphatic heterocycles. The molecular formula is C24H32N2O2. The van der Waals surface area contributed by atoms with E-state index in [2.05, 4.69) is 35.3 Å². The zero-order chi connectivity index (χ0) is 19.8. The summed E-state index contributed by atoms with van der Waals surface area (Å²) in [6, 6.07) is 16.1. The number of amides is 1. The van der Waals surface area contributed by atoms with Crippen LogP contribution in [0.2, 0.25) is 0 Å². The average molecular weight is 381 g/mol. The summed E-state index contributed by atoms with van der Waals surface area (Å²) in [6.45, 7) is 6.32. The Bertz CT molecular complexity index is 749. The first-order valence-electron chi connectivity index (χ1n) is 10.4. The van der Waals surface area contributed by atoms with E-state index in [0.29, 0.717) is 6.54 Å². The third-order valence-electron chi connectivity index (χ3n) is 5.60. The van der Waals surface area contributed by atoms with Gasteiger partial charge in [0, 0.05) is 18.7 Å². The molecule has 28 heavy (non-hydrogen) atoms. The van der Waals surface area contributed by atoms with Gasteiger partial charge in [-0.1, -0.05) is 37.3 Å². The molecule has 2 aromatic carbocycles. The normalized spacial score (nSPS) is 15.4. The van der Waals surface area contributed by atoms with Crippen LogP contribution in [0.4, 0.5) is 0 Å². The molecule has 1 amide bonds. The predicted octanol–water partition coefficient (Wildman–Crippen LogP) is 4.29. The van der Waals surface area contributed by atoms with E-state index in [1.165, 1.54) is 37.1 Å². The average Bonchev–Trinajstić information content (AvgIpc) is 2.73. The van der Waals surface area contributed by atoms with E-state index in [9.17, 15) is 4.79 Å². The molecule has 1 N–H and O–H groups in total. The maximum atomic E-state index is 12.4. The van der Waals surface area contributed by atoms with Gasteiger partial charge < -0.3 is 10.1 Å². The SMILES string of the molecule is COc1ccccc1CCCNC(=O)c1ccc(CN2CCC(C)CC2)cc1. The topological polar surface area (TPSA) is 41.6 Å². The van der Waals surface area contributed by atoms with Gasteiger partial charge in [-0.25, -0.2) is 0 Å². The summed E-state index contributed by atoms with van der Waals surface area (Å²) >= 11 is 0. The van der Waals surface area contributed by atoms with E-state index in [1.807, 2.05) is 30.3 Å². The van der Waals surface area contributed by atoms with Crippen LogP contribution in [0.1, 0.15) is 47.7 Å². The Labute approximate surface area is 168 Å². The summed E-state index contributed by atoms with van der Waals surface area (Å²) in [5.74, 6) is 1.76. The highest BCUT2D eigenvalue weighted by molar-refractivity contribution is 5.94. The molecule has 2 aromatic rings. The lowest BCUT2D eigenvalue weighted by molar-refractivity contribution is 0.0953. The third kappa shape index (κ3) is 5.83. The van der Waals surface area contributed by atoms with Crippen LogP contribution in [0.25, 0.3) is 0 Å². The van der Waals surface area contributed by atoms with E-state index in [4.69, 9.17) is 4.74 Å². The van der Waals surface area contributed by atoms with E-state index >= 15 is 0 Å². The molecule has 0 aromatic heterocycles. The predicted molar refractivity (Wildman–Crippen MR) is 114 cm³/mol. The van der Waals surface area contributed by atoms with Gasteiger partial charge in [0.2, 0.25) is 0 Å². The number of aryl methyl sites for hydroxylation is 1. The number of methoxy groups -OCH3 is 1. The van der Waals surface area contributed by atoms with Crippen LogP contribution < -0.4 is 10.1 Å². The first-order valence-corrected chi connectivity index (χ1v) is 10.4. The van der Waals surface area contributed by atoms with Gasteiger partial charge >= 0.3 is 0 Å². The van der Waals surface area contributed by atoms with Crippen LogP contribution >= 0.6 is 0 Å². The molecule has 0 spiro atoms. The lowest BCUT2D eigenvalue weighted by Gasteiger charge is -2.30. The zero-order valence-electron chi connectivity index (χ0n) is 17.1. The highest BCUT2D eigenvalue weighted by Gasteiger charge is 2.15. The number of ether oxygens (including phenoxy) is 1. The second kappa shape index (κ2) is 10.3. The number of hydrogen-bond donors (Lipinski definition) is 1. The fourth-order valence-electron chi connectivity index (χ4n) is 3.73. The lowest BCUT2D eigenvalue weighted by Crippen LogP contribution is -2.32. The maximum Gasteiger partial charge on any atom is 0.251 e. The van der Waals surface area contributed by atoms with Crippen LogP contribution in [0, 0.1) is 5.92 Å². The molecule has 0 radical (unpaired) electrons. The number of nitrogens with zero attached hydrogens (tertiary/aromatic N) is 1. The largest absolute Gasteiger partial charge is 0.496 e. The fraction of sp³-hybridized carbons (Fsp3) is 0.458. The van der Waals surface area contributed by atoms with Crippen molar-refractivity contribution in [1.29, 1.82) is 0 Å². The molecule has 3 rings (SSSR count). The van der Waals surface area contributed by atoms with Crippen LogP contribution in [0.15, 0.2) is 48.5 Å². The van der Waals surface area contributed by atoms with E-state index in [-0.39, 0.29) is 5.91 Å². The van der Waals surface area contributed by atoms with E-state index < -0.39 is 0 Å². The number of nitrogens with one attached hydrogen (secondary N) is 1. The monoisotopic (exact) mass is 380 g/mol. The van der Waals surface area contributed by atoms with Crippen molar-refractivity contribution >= 4 is 5.91 Å². The number of benzene rings is 2. The van der Waals surface area contributed by atoms with Gasteiger partial charge in [-0.15, -0.1) is 0 Å². The molecule has 1 aliphatic rings. The summed E-state index contributed by atoms with van der Waals surface area (Å²) in [5, 5.41) is 3.02. The van der Waals surface area contributed by atoms with Gasteiger partial charge in [-0.05, 0) is 74.0 Å². The molecule has 0 saturated carbocycles. The molecule has 1 saturated heterocycles. The van der Waals surface area contributed by atoms with E-state index in [0.717, 1.165) is 36.6 Å². The van der Waals surface area contributed by atoms with E-state index in [1.54, 1.807) is 7.11 Å². The summed E-state index contributed by atoms with van der Waals surface area (Å²) in [6.07, 6.45) is 4.35. The molecule has 4 nitrogen and oxygen atoms in total. The Balaban J connectivity index is 1.42. The van der Waals surface area contributed by atoms with Crippen molar-refractivity contribution in [1.82, 2.24) is 10.2 Å². The fourth-order valence-corrected chi connectivity index (χ4v) is 3.73. The summed E-state index contributed by atoms with van der Waals surface area (Å²) in [7, 11) is 1.69. The summed E-state index contributed by atoms with van der Waals surface area (Å²) < 4.78 is 5.37. The molecule has 1 fully saturated rings. The maximum absolute atomic E-state index is 12.4. The Morgan fingerprint density at radius 1 is 1.11 bits per heavy atom. The first kappa shape index (κ1) is 20.4. The highest BCUT2D eigenvalue weighted by atomic mass is 16.5. The molecule has 0 aliphatic carbocycles. The molecule has 0 atom stereocenters. The Kier molecular flexibility index (Phi) is 7.49. The zero-order valence-corrected chi connectivity index (χ0v) is 17.1. The number of carbonyl (C=O) groups excluding carboxylic acids is 1. The van der Waals surface area contributed by atoms with Crippen LogP contribution in [0.5, 0.6) is 5.75 Å². The molecule has 0 bridgehead atoms. The van der Waals surface area contributed by atoms with Crippen molar-refractivity contribution in [3.8, 4) is 5.75 Å². The van der Waals surface area contributed by atoms with Crippen molar-refractivity contribution < 1.29 is 9.53 Å². The Morgan fingerprint density at radius 3 is 2.54 bits per heavy atom. The molecule has 150 valence electrons. The first-order chi connectivity index (χ1) is 13.7. The van der Waals surface area contributed by atoms with Gasteiger partial charge in [0.05, 0.1) is 7.11 Å². The van der Waals surface area contributed by atoms with Gasteiger partial charge in [-0.3, -0.25) is 9.69 Å². The number of hydrogen-bond acceptors (Lipinski definition) is 3. The standard InChI is InChI=1S/C24H32N2O2/c1-19-13-16-26(17-14-19)18-20-9-11-22(12-10-20)24(27)25-15-5-7-21-6-3-4-8-23(21)28-2/h3-4,6,8-12,19H,5,7,13-18H2,1-2H3,(H,25,27). The third-order valence-corrected chi connectivity index (χ3v) is 5.60. The van der Waals surface area contributed by atoms with Crippen LogP contribution in [-0.2, 0) is 13.0 Å². The van der Waals surface area contributed by atoms with Gasteiger partial charge in [-0.2, -0.15) is 0 Å². The molecule has 4 heteroatoms. The minimum absolute atomic E-state index is 0.00151. The second-order valence-corrected chi connectivity index (χ2v) is 7.83. The lowest BCUT2D eigenvalue weighted by atomic mass is 9.99. The van der Waals surface area contributed by atoms with Gasteiger partial charge in [0.1, 0.15) is 5.75 Å². The number of carbonyl (C=O) groups is 1.